The van der Waals surface area contributed by atoms with Crippen molar-refractivity contribution < 1.29 is 4.79 Å². The first kappa shape index (κ1) is 14.0. The second kappa shape index (κ2) is 5.68. The minimum atomic E-state index is -0.830. The van der Waals surface area contributed by atoms with Gasteiger partial charge in [-0.05, 0) is 41.4 Å². The predicted octanol–water partition coefficient (Wildman–Crippen LogP) is 4.32. The van der Waals surface area contributed by atoms with Crippen LogP contribution in [-0.4, -0.2) is 9.81 Å². The smallest absolute Gasteiger partial charge is 0.269 e. The van der Waals surface area contributed by atoms with Crippen LogP contribution in [0.1, 0.15) is 16.1 Å². The van der Waals surface area contributed by atoms with E-state index in [0.717, 1.165) is 0 Å². The summed E-state index contributed by atoms with van der Waals surface area (Å²) in [5, 5.41) is 12.1. The van der Waals surface area contributed by atoms with Crippen LogP contribution in [0, 0.1) is 11.3 Å². The van der Waals surface area contributed by atoms with E-state index in [0.29, 0.717) is 10.7 Å². The Balaban J connectivity index is 2.76. The lowest BCUT2D eigenvalue weighted by Gasteiger charge is -2.06. The molecule has 98 valence electrons. The summed E-state index contributed by atoms with van der Waals surface area (Å²) in [7, 11) is 0. The normalized spacial score (nSPS) is 9.65. The van der Waals surface area contributed by atoms with Gasteiger partial charge in [-0.25, -0.2) is 0 Å². The summed E-state index contributed by atoms with van der Waals surface area (Å²) in [6.45, 7) is 0. The summed E-state index contributed by atoms with van der Waals surface area (Å²) in [5.41, 5.74) is 8.99. The summed E-state index contributed by atoms with van der Waals surface area (Å²) < 4.78 is 1.38. The van der Waals surface area contributed by atoms with Gasteiger partial charge in [0, 0.05) is 21.8 Å². The highest BCUT2D eigenvalue weighted by molar-refractivity contribution is 6.68. The molecule has 0 bridgehead atoms. The Morgan fingerprint density at radius 2 is 2.05 bits per heavy atom. The summed E-state index contributed by atoms with van der Waals surface area (Å²) in [6, 6.07) is 8.39. The molecule has 20 heavy (non-hydrogen) atoms. The van der Waals surface area contributed by atoms with Gasteiger partial charge in [0.05, 0.1) is 11.3 Å². The van der Waals surface area contributed by atoms with E-state index in [1.165, 1.54) is 10.8 Å². The first-order chi connectivity index (χ1) is 9.58. The molecule has 1 aromatic heterocycles. The molecule has 0 radical (unpaired) electrons. The molecule has 0 saturated heterocycles. The van der Waals surface area contributed by atoms with Gasteiger partial charge in [0.2, 0.25) is 0 Å². The molecule has 0 saturated carbocycles. The SMILES string of the molecule is N#Cc1cn(-c2ccc(Cl)cc2)c(C(=O)Cl)c1N=[N+]=[N-]. The van der Waals surface area contributed by atoms with Gasteiger partial charge in [0.25, 0.3) is 5.24 Å². The van der Waals surface area contributed by atoms with Crippen molar-refractivity contribution in [3.05, 3.63) is 57.2 Å². The molecular weight excluding hydrogens is 301 g/mol. The predicted molar refractivity (Wildman–Crippen MR) is 74.5 cm³/mol. The Kier molecular flexibility index (Phi) is 3.97. The highest BCUT2D eigenvalue weighted by atomic mass is 35.5. The second-order valence-corrected chi connectivity index (χ2v) is 4.44. The molecule has 0 spiro atoms. The van der Waals surface area contributed by atoms with E-state index >= 15 is 0 Å². The number of carbonyl (C=O) groups excluding carboxylic acids is 1. The molecular formula is C12H5Cl2N5O. The monoisotopic (exact) mass is 305 g/mol. The van der Waals surface area contributed by atoms with Crippen molar-refractivity contribution >= 4 is 34.1 Å². The van der Waals surface area contributed by atoms with Crippen LogP contribution in [0.3, 0.4) is 0 Å². The van der Waals surface area contributed by atoms with Gasteiger partial charge in [-0.15, -0.1) is 0 Å². The molecule has 0 fully saturated rings. The summed E-state index contributed by atoms with van der Waals surface area (Å²) in [4.78, 5) is 14.2. The van der Waals surface area contributed by atoms with Crippen molar-refractivity contribution in [3.8, 4) is 11.8 Å². The minimum absolute atomic E-state index is 0.0572. The van der Waals surface area contributed by atoms with Crippen LogP contribution in [0.5, 0.6) is 0 Å². The lowest BCUT2D eigenvalue weighted by atomic mass is 10.3. The number of rotatable bonds is 3. The third-order valence-electron chi connectivity index (χ3n) is 2.53. The number of hydrogen-bond donors (Lipinski definition) is 0. The Hall–Kier alpha value is -2.45. The number of hydrogen-bond acceptors (Lipinski definition) is 3. The van der Waals surface area contributed by atoms with E-state index in [9.17, 15) is 4.79 Å². The zero-order valence-corrected chi connectivity index (χ0v) is 11.3. The van der Waals surface area contributed by atoms with Crippen molar-refractivity contribution in [1.29, 1.82) is 5.26 Å². The van der Waals surface area contributed by atoms with Crippen molar-refractivity contribution in [2.24, 2.45) is 5.11 Å². The molecule has 1 aromatic carbocycles. The maximum atomic E-state index is 11.6. The summed E-state index contributed by atoms with van der Waals surface area (Å²) in [6.07, 6.45) is 1.38. The van der Waals surface area contributed by atoms with Gasteiger partial charge in [-0.1, -0.05) is 16.7 Å². The summed E-state index contributed by atoms with van der Waals surface area (Å²) in [5.74, 6) is 0. The number of azide groups is 1. The van der Waals surface area contributed by atoms with Crippen LogP contribution in [0.4, 0.5) is 5.69 Å². The average molecular weight is 306 g/mol. The van der Waals surface area contributed by atoms with E-state index in [1.807, 2.05) is 6.07 Å². The largest absolute Gasteiger partial charge is 0.311 e. The molecule has 0 atom stereocenters. The van der Waals surface area contributed by atoms with Crippen molar-refractivity contribution in [2.75, 3.05) is 0 Å². The maximum absolute atomic E-state index is 11.6. The second-order valence-electron chi connectivity index (χ2n) is 3.66. The molecule has 0 aliphatic carbocycles. The summed E-state index contributed by atoms with van der Waals surface area (Å²) >= 11 is 11.3. The molecule has 0 aliphatic rings. The molecule has 6 nitrogen and oxygen atoms in total. The lowest BCUT2D eigenvalue weighted by molar-refractivity contribution is 0.107. The third kappa shape index (κ3) is 2.46. The van der Waals surface area contributed by atoms with Gasteiger partial charge in [0.1, 0.15) is 11.8 Å². The minimum Gasteiger partial charge on any atom is -0.311 e. The van der Waals surface area contributed by atoms with Crippen LogP contribution >= 0.6 is 23.2 Å². The third-order valence-corrected chi connectivity index (χ3v) is 2.97. The molecule has 0 aliphatic heterocycles. The lowest BCUT2D eigenvalue weighted by Crippen LogP contribution is -2.01. The van der Waals surface area contributed by atoms with Crippen molar-refractivity contribution in [1.82, 2.24) is 4.57 Å². The van der Waals surface area contributed by atoms with E-state index in [4.69, 9.17) is 34.0 Å². The van der Waals surface area contributed by atoms with Gasteiger partial charge >= 0.3 is 0 Å². The number of halogens is 2. The standard InChI is InChI=1S/C12H5Cl2N5O/c13-8-1-3-9(4-2-8)19-6-7(5-15)10(17-18-16)11(19)12(14)20/h1-4,6H. The Morgan fingerprint density at radius 1 is 1.40 bits per heavy atom. The van der Waals surface area contributed by atoms with Crippen LogP contribution in [0.2, 0.25) is 5.02 Å². The molecule has 0 amide bonds. The fraction of sp³-hybridized carbons (Fsp3) is 0. The van der Waals surface area contributed by atoms with Gasteiger partial charge in [0.15, 0.2) is 0 Å². The molecule has 0 N–H and O–H groups in total. The van der Waals surface area contributed by atoms with Crippen molar-refractivity contribution in [2.45, 2.75) is 0 Å². The Bertz CT molecular complexity index is 766. The molecule has 1 heterocycles. The van der Waals surface area contributed by atoms with E-state index in [-0.39, 0.29) is 16.9 Å². The molecule has 8 heteroatoms. The Morgan fingerprint density at radius 3 is 2.55 bits per heavy atom. The maximum Gasteiger partial charge on any atom is 0.269 e. The first-order valence-electron chi connectivity index (χ1n) is 5.24. The quantitative estimate of drug-likeness (QED) is 0.365. The number of aromatic nitrogens is 1. The average Bonchev–Trinajstić information content (AvgIpc) is 2.79. The molecule has 0 unspecified atom stereocenters. The zero-order valence-electron chi connectivity index (χ0n) is 9.79. The van der Waals surface area contributed by atoms with Crippen LogP contribution in [-0.2, 0) is 0 Å². The van der Waals surface area contributed by atoms with Crippen molar-refractivity contribution in [3.63, 3.8) is 0 Å². The topological polar surface area (TPSA) is 94.5 Å². The van der Waals surface area contributed by atoms with Gasteiger partial charge in [-0.2, -0.15) is 5.26 Å². The fourth-order valence-corrected chi connectivity index (χ4v) is 2.02. The Labute approximate surface area is 123 Å². The highest BCUT2D eigenvalue weighted by Crippen LogP contribution is 2.31. The number of nitrogens with zero attached hydrogens (tertiary/aromatic N) is 5. The number of benzene rings is 1. The van der Waals surface area contributed by atoms with Crippen LogP contribution in [0.25, 0.3) is 16.1 Å². The molecule has 2 rings (SSSR count). The van der Waals surface area contributed by atoms with Crippen LogP contribution < -0.4 is 0 Å². The molecule has 2 aromatic rings. The fourth-order valence-electron chi connectivity index (χ4n) is 1.72. The number of nitriles is 1. The van der Waals surface area contributed by atoms with E-state index < -0.39 is 5.24 Å². The highest BCUT2D eigenvalue weighted by Gasteiger charge is 2.20. The zero-order chi connectivity index (χ0) is 14.7. The van der Waals surface area contributed by atoms with Gasteiger partial charge < -0.3 is 4.57 Å². The van der Waals surface area contributed by atoms with Gasteiger partial charge in [-0.3, -0.25) is 4.79 Å². The van der Waals surface area contributed by atoms with E-state index in [1.54, 1.807) is 24.3 Å². The van der Waals surface area contributed by atoms with Crippen LogP contribution in [0.15, 0.2) is 35.6 Å². The van der Waals surface area contributed by atoms with E-state index in [2.05, 4.69) is 10.0 Å². The number of carbonyl (C=O) groups is 1. The first-order valence-corrected chi connectivity index (χ1v) is 6.00.